The number of ether oxygens (including phenoxy) is 1. The van der Waals surface area contributed by atoms with E-state index in [1.807, 2.05) is 55.8 Å². The third-order valence-corrected chi connectivity index (χ3v) is 6.42. The van der Waals surface area contributed by atoms with Crippen molar-refractivity contribution in [3.05, 3.63) is 44.8 Å². The Hall–Kier alpha value is -2.06. The summed E-state index contributed by atoms with van der Waals surface area (Å²) in [5.74, 6) is 0. The molecule has 2 aromatic rings. The molecule has 2 heterocycles. The maximum absolute atomic E-state index is 13.0. The molecule has 0 aliphatic rings. The highest BCUT2D eigenvalue weighted by molar-refractivity contribution is 7.10. The van der Waals surface area contributed by atoms with Crippen LogP contribution in [0.3, 0.4) is 0 Å². The van der Waals surface area contributed by atoms with Gasteiger partial charge in [0.2, 0.25) is 0 Å². The average Bonchev–Trinajstić information content (AvgIpc) is 3.35. The van der Waals surface area contributed by atoms with Crippen molar-refractivity contribution < 1.29 is 19.4 Å². The highest BCUT2D eigenvalue weighted by Gasteiger charge is 2.34. The van der Waals surface area contributed by atoms with Crippen molar-refractivity contribution in [1.29, 1.82) is 0 Å². The number of nitrogens with zero attached hydrogens (tertiary/aromatic N) is 2. The van der Waals surface area contributed by atoms with Crippen LogP contribution in [0.4, 0.5) is 9.59 Å². The number of amides is 2. The number of carbonyl (C=O) groups excluding carboxylic acids is 1. The number of rotatable bonds is 10. The highest BCUT2D eigenvalue weighted by atomic mass is 32.1. The lowest BCUT2D eigenvalue weighted by atomic mass is 10.0. The molecule has 2 rings (SSSR count). The van der Waals surface area contributed by atoms with Crippen molar-refractivity contribution in [3.63, 3.8) is 0 Å². The summed E-state index contributed by atoms with van der Waals surface area (Å²) in [6.45, 7) is 8.64. The molecule has 1 unspecified atom stereocenters. The predicted octanol–water partition coefficient (Wildman–Crippen LogP) is 6.29. The van der Waals surface area contributed by atoms with E-state index in [0.717, 1.165) is 22.6 Å². The van der Waals surface area contributed by atoms with Crippen molar-refractivity contribution in [2.45, 2.75) is 71.6 Å². The highest BCUT2D eigenvalue weighted by Crippen LogP contribution is 2.23. The molecule has 30 heavy (non-hydrogen) atoms. The van der Waals surface area contributed by atoms with Crippen molar-refractivity contribution in [2.75, 3.05) is 6.61 Å². The van der Waals surface area contributed by atoms with Gasteiger partial charge in [0.1, 0.15) is 6.61 Å². The van der Waals surface area contributed by atoms with Crippen molar-refractivity contribution in [1.82, 2.24) is 9.80 Å². The molecule has 2 amide bonds. The number of thiophene rings is 2. The van der Waals surface area contributed by atoms with Crippen LogP contribution >= 0.6 is 22.7 Å². The van der Waals surface area contributed by atoms with Crippen LogP contribution in [0.5, 0.6) is 0 Å². The Labute approximate surface area is 187 Å². The Morgan fingerprint density at radius 1 is 1.10 bits per heavy atom. The fourth-order valence-electron chi connectivity index (χ4n) is 3.34. The van der Waals surface area contributed by atoms with Gasteiger partial charge in [-0.3, -0.25) is 9.80 Å². The Kier molecular flexibility index (Phi) is 9.17. The standard InChI is InChI=1S/C22H32N2O4S2/c1-5-6-9-17(24(20(25)26)22(2,3)4)16-28-21(27)23(14-18-10-7-12-29-18)15-19-11-8-13-30-19/h7-8,10-13,17H,5-6,9,14-16H2,1-4H3,(H,25,26). The van der Waals surface area contributed by atoms with Crippen LogP contribution in [0.1, 0.15) is 56.7 Å². The first kappa shape index (κ1) is 24.2. The third-order valence-electron chi connectivity index (χ3n) is 4.70. The Morgan fingerprint density at radius 2 is 1.67 bits per heavy atom. The lowest BCUT2D eigenvalue weighted by Gasteiger charge is -2.39. The number of carbonyl (C=O) groups is 2. The molecule has 0 aliphatic carbocycles. The molecule has 0 aliphatic heterocycles. The minimum Gasteiger partial charge on any atom is -0.465 e. The molecule has 0 fully saturated rings. The minimum absolute atomic E-state index is 0.0494. The first-order valence-corrected chi connectivity index (χ1v) is 12.0. The Bertz CT molecular complexity index is 733. The van der Waals surface area contributed by atoms with Crippen LogP contribution in [0.25, 0.3) is 0 Å². The summed E-state index contributed by atoms with van der Waals surface area (Å²) in [6.07, 6.45) is 1.07. The van der Waals surface area contributed by atoms with E-state index >= 15 is 0 Å². The van der Waals surface area contributed by atoms with E-state index in [0.29, 0.717) is 19.5 Å². The van der Waals surface area contributed by atoms with Gasteiger partial charge in [0, 0.05) is 15.3 Å². The molecule has 0 saturated heterocycles. The Morgan fingerprint density at radius 3 is 2.07 bits per heavy atom. The molecular weight excluding hydrogens is 420 g/mol. The summed E-state index contributed by atoms with van der Waals surface area (Å²) in [5.41, 5.74) is -0.579. The molecule has 8 heteroatoms. The van der Waals surface area contributed by atoms with Crippen molar-refractivity contribution in [2.24, 2.45) is 0 Å². The van der Waals surface area contributed by atoms with Gasteiger partial charge in [-0.2, -0.15) is 0 Å². The van der Waals surface area contributed by atoms with Crippen LogP contribution in [0.15, 0.2) is 35.0 Å². The number of unbranched alkanes of at least 4 members (excludes halogenated alkanes) is 1. The normalized spacial score (nSPS) is 12.4. The lowest BCUT2D eigenvalue weighted by Crippen LogP contribution is -2.53. The number of carboxylic acid groups (broad SMARTS) is 1. The summed E-state index contributed by atoms with van der Waals surface area (Å²) < 4.78 is 5.68. The SMILES string of the molecule is CCCCC(COC(=O)N(Cc1cccs1)Cc1cccs1)N(C(=O)O)C(C)(C)C. The van der Waals surface area contributed by atoms with Crippen LogP contribution in [0.2, 0.25) is 0 Å². The van der Waals surface area contributed by atoms with E-state index in [-0.39, 0.29) is 12.6 Å². The maximum atomic E-state index is 13.0. The van der Waals surface area contributed by atoms with E-state index in [1.54, 1.807) is 27.6 Å². The largest absolute Gasteiger partial charge is 0.465 e. The van der Waals surface area contributed by atoms with Gasteiger partial charge >= 0.3 is 12.2 Å². The summed E-state index contributed by atoms with van der Waals surface area (Å²) in [6, 6.07) is 7.54. The first-order valence-electron chi connectivity index (χ1n) is 10.2. The van der Waals surface area contributed by atoms with E-state index in [4.69, 9.17) is 4.74 Å². The zero-order chi connectivity index (χ0) is 22.1. The molecule has 0 aromatic carbocycles. The van der Waals surface area contributed by atoms with Gasteiger partial charge in [-0.1, -0.05) is 31.9 Å². The van der Waals surface area contributed by atoms with Gasteiger partial charge in [0.15, 0.2) is 0 Å². The molecule has 0 spiro atoms. The number of hydrogen-bond donors (Lipinski definition) is 1. The van der Waals surface area contributed by atoms with Crippen LogP contribution in [-0.4, -0.2) is 45.3 Å². The molecule has 1 atom stereocenters. The molecule has 0 bridgehead atoms. The van der Waals surface area contributed by atoms with Crippen LogP contribution < -0.4 is 0 Å². The molecule has 6 nitrogen and oxygen atoms in total. The van der Waals surface area contributed by atoms with Crippen molar-refractivity contribution in [3.8, 4) is 0 Å². The molecule has 2 aromatic heterocycles. The second-order valence-electron chi connectivity index (χ2n) is 8.21. The second kappa shape index (κ2) is 11.4. The van der Waals surface area contributed by atoms with Gasteiger partial charge in [0.05, 0.1) is 19.1 Å². The Balaban J connectivity index is 2.11. The fraction of sp³-hybridized carbons (Fsp3) is 0.545. The summed E-state index contributed by atoms with van der Waals surface area (Å²) >= 11 is 3.19. The van der Waals surface area contributed by atoms with Crippen LogP contribution in [0, 0.1) is 0 Å². The molecule has 0 saturated carbocycles. The van der Waals surface area contributed by atoms with Crippen molar-refractivity contribution >= 4 is 34.9 Å². The second-order valence-corrected chi connectivity index (χ2v) is 10.3. The molecule has 1 N–H and O–H groups in total. The van der Waals surface area contributed by atoms with Gasteiger partial charge in [-0.25, -0.2) is 9.59 Å². The van der Waals surface area contributed by atoms with Gasteiger partial charge in [-0.15, -0.1) is 22.7 Å². The molecular formula is C22H32N2O4S2. The maximum Gasteiger partial charge on any atom is 0.410 e. The molecule has 166 valence electrons. The average molecular weight is 453 g/mol. The van der Waals surface area contributed by atoms with Crippen LogP contribution in [-0.2, 0) is 17.8 Å². The third kappa shape index (κ3) is 7.32. The summed E-state index contributed by atoms with van der Waals surface area (Å²) in [7, 11) is 0. The summed E-state index contributed by atoms with van der Waals surface area (Å²) in [4.78, 5) is 30.1. The predicted molar refractivity (Wildman–Crippen MR) is 122 cm³/mol. The zero-order valence-corrected chi connectivity index (χ0v) is 19.8. The van der Waals surface area contributed by atoms with Gasteiger partial charge in [0.25, 0.3) is 0 Å². The van der Waals surface area contributed by atoms with E-state index < -0.39 is 17.7 Å². The lowest BCUT2D eigenvalue weighted by molar-refractivity contribution is 0.0243. The quantitative estimate of drug-likeness (QED) is 0.460. The van der Waals surface area contributed by atoms with Gasteiger partial charge in [-0.05, 0) is 50.1 Å². The smallest absolute Gasteiger partial charge is 0.410 e. The summed E-state index contributed by atoms with van der Waals surface area (Å²) in [5, 5.41) is 13.7. The fourth-order valence-corrected chi connectivity index (χ4v) is 4.78. The van der Waals surface area contributed by atoms with E-state index in [9.17, 15) is 14.7 Å². The van der Waals surface area contributed by atoms with Gasteiger partial charge < -0.3 is 9.84 Å². The topological polar surface area (TPSA) is 70.1 Å². The molecule has 0 radical (unpaired) electrons. The first-order chi connectivity index (χ1) is 14.2. The van der Waals surface area contributed by atoms with E-state index in [2.05, 4.69) is 6.92 Å². The minimum atomic E-state index is -0.992. The zero-order valence-electron chi connectivity index (χ0n) is 18.2. The monoisotopic (exact) mass is 452 g/mol. The number of hydrogen-bond acceptors (Lipinski definition) is 5. The van der Waals surface area contributed by atoms with E-state index in [1.165, 1.54) is 4.90 Å².